The van der Waals surface area contributed by atoms with Crippen LogP contribution < -0.4 is 0 Å². The lowest BCUT2D eigenvalue weighted by Crippen LogP contribution is -2.14. The van der Waals surface area contributed by atoms with Crippen molar-refractivity contribution in [2.45, 2.75) is 26.2 Å². The van der Waals surface area contributed by atoms with E-state index in [2.05, 4.69) is 9.97 Å². The third-order valence-corrected chi connectivity index (χ3v) is 2.90. The molecule has 0 unspecified atom stereocenters. The zero-order valence-electron chi connectivity index (χ0n) is 11.1. The van der Waals surface area contributed by atoms with Crippen LogP contribution in [0.4, 0.5) is 13.2 Å². The van der Waals surface area contributed by atoms with Gasteiger partial charge in [0.2, 0.25) is 0 Å². The van der Waals surface area contributed by atoms with Crippen molar-refractivity contribution < 1.29 is 13.2 Å². The Morgan fingerprint density at radius 2 is 1.50 bits per heavy atom. The highest BCUT2D eigenvalue weighted by Gasteiger charge is 2.19. The first-order valence-corrected chi connectivity index (χ1v) is 6.26. The fraction of sp³-hybridized carbons (Fsp3) is 0.286. The molecule has 0 aliphatic rings. The SMILES string of the molecule is CC(C)(C)c1cc(Cl)nc(-c2cc(F)c(F)c(F)c2)n1. The maximum atomic E-state index is 13.3. The molecule has 0 saturated heterocycles. The van der Waals surface area contributed by atoms with Gasteiger partial charge in [-0.2, -0.15) is 0 Å². The third-order valence-electron chi connectivity index (χ3n) is 2.71. The summed E-state index contributed by atoms with van der Waals surface area (Å²) in [5.74, 6) is -4.05. The van der Waals surface area contributed by atoms with Crippen LogP contribution in [0.2, 0.25) is 5.15 Å². The normalized spacial score (nSPS) is 11.8. The second-order valence-electron chi connectivity index (χ2n) is 5.40. The molecule has 2 nitrogen and oxygen atoms in total. The summed E-state index contributed by atoms with van der Waals surface area (Å²) in [6.45, 7) is 5.75. The smallest absolute Gasteiger partial charge is 0.194 e. The second kappa shape index (κ2) is 5.05. The van der Waals surface area contributed by atoms with Gasteiger partial charge in [-0.05, 0) is 18.2 Å². The zero-order chi connectivity index (χ0) is 15.1. The molecule has 0 amide bonds. The molecule has 0 radical (unpaired) electrons. The highest BCUT2D eigenvalue weighted by molar-refractivity contribution is 6.29. The monoisotopic (exact) mass is 300 g/mol. The van der Waals surface area contributed by atoms with Crippen molar-refractivity contribution in [3.05, 3.63) is 46.5 Å². The fourth-order valence-corrected chi connectivity index (χ4v) is 1.80. The van der Waals surface area contributed by atoms with Crippen molar-refractivity contribution in [1.29, 1.82) is 0 Å². The molecule has 2 rings (SSSR count). The first-order chi connectivity index (χ1) is 9.18. The quantitative estimate of drug-likeness (QED) is 0.572. The van der Waals surface area contributed by atoms with E-state index >= 15 is 0 Å². The highest BCUT2D eigenvalue weighted by atomic mass is 35.5. The van der Waals surface area contributed by atoms with Crippen LogP contribution in [-0.4, -0.2) is 9.97 Å². The Kier molecular flexibility index (Phi) is 3.73. The predicted molar refractivity (Wildman–Crippen MR) is 71.1 cm³/mol. The molecule has 20 heavy (non-hydrogen) atoms. The Balaban J connectivity index is 2.61. The van der Waals surface area contributed by atoms with E-state index in [4.69, 9.17) is 11.6 Å². The molecule has 0 atom stereocenters. The molecule has 1 aromatic heterocycles. The molecule has 106 valence electrons. The second-order valence-corrected chi connectivity index (χ2v) is 5.79. The van der Waals surface area contributed by atoms with Gasteiger partial charge in [0.1, 0.15) is 5.15 Å². The summed E-state index contributed by atoms with van der Waals surface area (Å²) in [7, 11) is 0. The number of hydrogen-bond donors (Lipinski definition) is 0. The van der Waals surface area contributed by atoms with Gasteiger partial charge < -0.3 is 0 Å². The predicted octanol–water partition coefficient (Wildman–Crippen LogP) is 4.51. The van der Waals surface area contributed by atoms with Crippen LogP contribution in [0.5, 0.6) is 0 Å². The Hall–Kier alpha value is -1.62. The summed E-state index contributed by atoms with van der Waals surface area (Å²) < 4.78 is 39.5. The number of nitrogens with zero attached hydrogens (tertiary/aromatic N) is 2. The molecule has 2 aromatic rings. The average Bonchev–Trinajstić information content (AvgIpc) is 2.33. The minimum absolute atomic E-state index is 0.0365. The Bertz CT molecular complexity index is 643. The van der Waals surface area contributed by atoms with E-state index in [0.29, 0.717) is 5.69 Å². The van der Waals surface area contributed by atoms with Crippen LogP contribution in [0.3, 0.4) is 0 Å². The van der Waals surface area contributed by atoms with Gasteiger partial charge >= 0.3 is 0 Å². The van der Waals surface area contributed by atoms with Gasteiger partial charge in [-0.3, -0.25) is 0 Å². The van der Waals surface area contributed by atoms with Gasteiger partial charge in [0, 0.05) is 11.0 Å². The van der Waals surface area contributed by atoms with Crippen LogP contribution >= 0.6 is 11.6 Å². The van der Waals surface area contributed by atoms with E-state index in [-0.39, 0.29) is 22.0 Å². The van der Waals surface area contributed by atoms with Crippen molar-refractivity contribution in [3.8, 4) is 11.4 Å². The third kappa shape index (κ3) is 2.93. The number of rotatable bonds is 1. The van der Waals surface area contributed by atoms with E-state index in [9.17, 15) is 13.2 Å². The van der Waals surface area contributed by atoms with E-state index in [1.54, 1.807) is 6.07 Å². The van der Waals surface area contributed by atoms with E-state index in [1.807, 2.05) is 20.8 Å². The Labute approximate surface area is 119 Å². The van der Waals surface area contributed by atoms with Crippen molar-refractivity contribution in [1.82, 2.24) is 9.97 Å². The molecule has 0 saturated carbocycles. The van der Waals surface area contributed by atoms with Gasteiger partial charge in [-0.15, -0.1) is 0 Å². The minimum Gasteiger partial charge on any atom is -0.232 e. The molecule has 1 aromatic carbocycles. The van der Waals surface area contributed by atoms with Crippen LogP contribution in [0.1, 0.15) is 26.5 Å². The van der Waals surface area contributed by atoms with Crippen molar-refractivity contribution in [3.63, 3.8) is 0 Å². The fourth-order valence-electron chi connectivity index (χ4n) is 1.62. The number of aromatic nitrogens is 2. The Morgan fingerprint density at radius 3 is 2.00 bits per heavy atom. The van der Waals surface area contributed by atoms with Gasteiger partial charge in [-0.25, -0.2) is 23.1 Å². The average molecular weight is 301 g/mol. The Morgan fingerprint density at radius 1 is 0.950 bits per heavy atom. The van der Waals surface area contributed by atoms with Gasteiger partial charge in [-0.1, -0.05) is 32.4 Å². The van der Waals surface area contributed by atoms with E-state index in [1.165, 1.54) is 0 Å². The van der Waals surface area contributed by atoms with Crippen LogP contribution in [0, 0.1) is 17.5 Å². The summed E-state index contributed by atoms with van der Waals surface area (Å²) in [4.78, 5) is 8.16. The van der Waals surface area contributed by atoms with Crippen LogP contribution in [0.25, 0.3) is 11.4 Å². The largest absolute Gasteiger partial charge is 0.232 e. The summed E-state index contributed by atoms with van der Waals surface area (Å²) in [6, 6.07) is 3.27. The van der Waals surface area contributed by atoms with Crippen molar-refractivity contribution in [2.24, 2.45) is 0 Å². The van der Waals surface area contributed by atoms with Crippen molar-refractivity contribution >= 4 is 11.6 Å². The summed E-state index contributed by atoms with van der Waals surface area (Å²) in [5.41, 5.74) is 0.352. The molecule has 1 heterocycles. The van der Waals surface area contributed by atoms with Crippen molar-refractivity contribution in [2.75, 3.05) is 0 Å². The first-order valence-electron chi connectivity index (χ1n) is 5.88. The minimum atomic E-state index is -1.52. The number of benzene rings is 1. The molecule has 6 heteroatoms. The first kappa shape index (κ1) is 14.8. The van der Waals surface area contributed by atoms with E-state index < -0.39 is 17.5 Å². The molecule has 0 spiro atoms. The lowest BCUT2D eigenvalue weighted by atomic mass is 9.92. The summed E-state index contributed by atoms with van der Waals surface area (Å²) in [5, 5.41) is 0.157. The molecule has 0 aliphatic heterocycles. The van der Waals surface area contributed by atoms with Crippen LogP contribution in [-0.2, 0) is 5.41 Å². The summed E-state index contributed by atoms with van der Waals surface area (Å²) in [6.07, 6.45) is 0. The van der Waals surface area contributed by atoms with Gasteiger partial charge in [0.15, 0.2) is 23.3 Å². The van der Waals surface area contributed by atoms with Gasteiger partial charge in [0.25, 0.3) is 0 Å². The van der Waals surface area contributed by atoms with Gasteiger partial charge in [0.05, 0.1) is 5.69 Å². The molecule has 0 fully saturated rings. The maximum Gasteiger partial charge on any atom is 0.194 e. The molecular formula is C14H12ClF3N2. The molecule has 0 aliphatic carbocycles. The number of hydrogen-bond acceptors (Lipinski definition) is 2. The lowest BCUT2D eigenvalue weighted by Gasteiger charge is -2.18. The highest BCUT2D eigenvalue weighted by Crippen LogP contribution is 2.27. The summed E-state index contributed by atoms with van der Waals surface area (Å²) >= 11 is 5.90. The zero-order valence-corrected chi connectivity index (χ0v) is 11.9. The number of halogens is 4. The van der Waals surface area contributed by atoms with E-state index in [0.717, 1.165) is 12.1 Å². The molecule has 0 N–H and O–H groups in total. The standard InChI is InChI=1S/C14H12ClF3N2/c1-14(2,3)10-6-11(15)20-13(19-10)7-4-8(16)12(18)9(17)5-7/h4-6H,1-3H3. The maximum absolute atomic E-state index is 13.3. The van der Waals surface area contributed by atoms with Crippen LogP contribution in [0.15, 0.2) is 18.2 Å². The molecular weight excluding hydrogens is 289 g/mol. The molecule has 0 bridgehead atoms. The lowest BCUT2D eigenvalue weighted by molar-refractivity contribution is 0.447. The topological polar surface area (TPSA) is 25.8 Å².